The second-order valence-corrected chi connectivity index (χ2v) is 4.48. The molecule has 2 rings (SSSR count). The first-order valence-corrected chi connectivity index (χ1v) is 6.17. The minimum Gasteiger partial charge on any atom is -0.465 e. The summed E-state index contributed by atoms with van der Waals surface area (Å²) in [6, 6.07) is 10.6. The zero-order valence-corrected chi connectivity index (χ0v) is 11.2. The van der Waals surface area contributed by atoms with Gasteiger partial charge >= 0.3 is 6.09 Å². The van der Waals surface area contributed by atoms with Gasteiger partial charge < -0.3 is 16.2 Å². The lowest BCUT2D eigenvalue weighted by Crippen LogP contribution is -2.11. The van der Waals surface area contributed by atoms with Crippen molar-refractivity contribution in [3.8, 4) is 0 Å². The molecule has 1 aromatic heterocycles. The van der Waals surface area contributed by atoms with Crippen LogP contribution in [0.3, 0.4) is 0 Å². The quantitative estimate of drug-likeness (QED) is 0.694. The molecule has 0 aliphatic rings. The number of carbonyl (C=O) groups is 1. The highest BCUT2D eigenvalue weighted by molar-refractivity contribution is 6.30. The highest BCUT2D eigenvalue weighted by Crippen LogP contribution is 2.19. The van der Waals surface area contributed by atoms with Crippen molar-refractivity contribution < 1.29 is 9.90 Å². The number of rotatable bonds is 4. The fourth-order valence-electron chi connectivity index (χ4n) is 1.59. The first-order valence-electron chi connectivity index (χ1n) is 5.79. The number of nitrogen functional groups attached to an aromatic ring is 1. The van der Waals surface area contributed by atoms with E-state index in [-0.39, 0.29) is 11.5 Å². The highest BCUT2D eigenvalue weighted by Gasteiger charge is 2.05. The van der Waals surface area contributed by atoms with E-state index in [1.807, 2.05) is 12.1 Å². The van der Waals surface area contributed by atoms with E-state index in [1.165, 1.54) is 0 Å². The fraction of sp³-hybridized carbons (Fsp3) is 0.0769. The molecule has 7 heteroatoms. The van der Waals surface area contributed by atoms with E-state index < -0.39 is 6.09 Å². The normalized spacial score (nSPS) is 10.1. The summed E-state index contributed by atoms with van der Waals surface area (Å²) >= 11 is 5.80. The minimum atomic E-state index is -1.18. The average Bonchev–Trinajstić information content (AvgIpc) is 2.40. The molecule has 5 N–H and O–H groups in total. The summed E-state index contributed by atoms with van der Waals surface area (Å²) in [6.07, 6.45) is -1.18. The Labute approximate surface area is 120 Å². The zero-order chi connectivity index (χ0) is 14.5. The molecule has 0 fully saturated rings. The molecule has 0 bridgehead atoms. The molecule has 0 aliphatic carbocycles. The second kappa shape index (κ2) is 6.12. The lowest BCUT2D eigenvalue weighted by molar-refractivity contribution is 0.210. The smallest absolute Gasteiger partial charge is 0.409 e. The van der Waals surface area contributed by atoms with Crippen LogP contribution < -0.4 is 16.4 Å². The Morgan fingerprint density at radius 1 is 1.25 bits per heavy atom. The van der Waals surface area contributed by atoms with Crippen LogP contribution in [0.1, 0.15) is 5.56 Å². The highest BCUT2D eigenvalue weighted by atomic mass is 35.5. The molecule has 0 atom stereocenters. The number of nitrogens with zero attached hydrogens (tertiary/aromatic N) is 1. The molecule has 104 valence electrons. The Balaban J connectivity index is 2.01. The van der Waals surface area contributed by atoms with Gasteiger partial charge in [-0.25, -0.2) is 9.78 Å². The molecular formula is C13H13ClN4O2. The second-order valence-electron chi connectivity index (χ2n) is 4.04. The summed E-state index contributed by atoms with van der Waals surface area (Å²) in [5.74, 6) is 0.682. The third-order valence-corrected chi connectivity index (χ3v) is 2.81. The van der Waals surface area contributed by atoms with Gasteiger partial charge in [0, 0.05) is 11.6 Å². The van der Waals surface area contributed by atoms with Crippen molar-refractivity contribution in [2.75, 3.05) is 16.4 Å². The van der Waals surface area contributed by atoms with Gasteiger partial charge in [-0.05, 0) is 29.8 Å². The number of nitrogens with one attached hydrogen (secondary N) is 2. The van der Waals surface area contributed by atoms with Crippen molar-refractivity contribution in [1.29, 1.82) is 0 Å². The third-order valence-electron chi connectivity index (χ3n) is 2.55. The van der Waals surface area contributed by atoms with Gasteiger partial charge in [-0.15, -0.1) is 0 Å². The topological polar surface area (TPSA) is 100 Å². The maximum Gasteiger partial charge on any atom is 0.409 e. The summed E-state index contributed by atoms with van der Waals surface area (Å²) in [6.45, 7) is 0.565. The summed E-state index contributed by atoms with van der Waals surface area (Å²) in [5.41, 5.74) is 6.97. The van der Waals surface area contributed by atoms with Crippen molar-refractivity contribution in [2.24, 2.45) is 0 Å². The predicted octanol–water partition coefficient (Wildman–Crippen LogP) is 3.02. The summed E-state index contributed by atoms with van der Waals surface area (Å²) in [7, 11) is 0. The number of halogens is 1. The molecule has 0 saturated heterocycles. The molecule has 1 heterocycles. The van der Waals surface area contributed by atoms with Crippen molar-refractivity contribution >= 4 is 35.0 Å². The minimum absolute atomic E-state index is 0.119. The zero-order valence-electron chi connectivity index (χ0n) is 10.4. The summed E-state index contributed by atoms with van der Waals surface area (Å²) in [5, 5.41) is 14.6. The van der Waals surface area contributed by atoms with E-state index in [2.05, 4.69) is 15.6 Å². The first kappa shape index (κ1) is 14.0. The van der Waals surface area contributed by atoms with E-state index in [1.54, 1.807) is 24.3 Å². The maximum atomic E-state index is 10.5. The van der Waals surface area contributed by atoms with Crippen molar-refractivity contribution in [1.82, 2.24) is 4.98 Å². The lowest BCUT2D eigenvalue weighted by Gasteiger charge is -2.09. The molecule has 0 radical (unpaired) electrons. The lowest BCUT2D eigenvalue weighted by atomic mass is 10.2. The third kappa shape index (κ3) is 3.76. The van der Waals surface area contributed by atoms with Crippen LogP contribution in [-0.4, -0.2) is 16.2 Å². The average molecular weight is 293 g/mol. The molecule has 1 amide bonds. The van der Waals surface area contributed by atoms with Gasteiger partial charge in [0.05, 0.1) is 5.69 Å². The number of pyridine rings is 1. The van der Waals surface area contributed by atoms with Gasteiger partial charge in [-0.1, -0.05) is 23.7 Å². The Bertz CT molecular complexity index is 616. The van der Waals surface area contributed by atoms with E-state index >= 15 is 0 Å². The van der Waals surface area contributed by atoms with Crippen LogP contribution in [0, 0.1) is 0 Å². The van der Waals surface area contributed by atoms with Crippen molar-refractivity contribution in [2.45, 2.75) is 6.54 Å². The van der Waals surface area contributed by atoms with E-state index in [0.29, 0.717) is 17.4 Å². The van der Waals surface area contributed by atoms with Gasteiger partial charge in [-0.2, -0.15) is 0 Å². The Kier molecular flexibility index (Phi) is 4.27. The number of carboxylic acid groups (broad SMARTS) is 1. The molecule has 20 heavy (non-hydrogen) atoms. The Hall–Kier alpha value is -2.47. The Morgan fingerprint density at radius 2 is 1.95 bits per heavy atom. The molecule has 1 aromatic carbocycles. The van der Waals surface area contributed by atoms with Crippen molar-refractivity contribution in [3.05, 3.63) is 47.0 Å². The molecule has 0 unspecified atom stereocenters. The van der Waals surface area contributed by atoms with Crippen LogP contribution in [-0.2, 0) is 6.54 Å². The van der Waals surface area contributed by atoms with Crippen LogP contribution >= 0.6 is 11.6 Å². The number of anilines is 3. The van der Waals surface area contributed by atoms with Gasteiger partial charge in [0.1, 0.15) is 11.6 Å². The monoisotopic (exact) mass is 292 g/mol. The number of hydrogen-bond acceptors (Lipinski definition) is 4. The molecular weight excluding hydrogens is 280 g/mol. The summed E-state index contributed by atoms with van der Waals surface area (Å²) < 4.78 is 0. The molecule has 0 aliphatic heterocycles. The first-order chi connectivity index (χ1) is 9.54. The van der Waals surface area contributed by atoms with Gasteiger partial charge in [0.2, 0.25) is 0 Å². The molecule has 0 saturated carbocycles. The van der Waals surface area contributed by atoms with Gasteiger partial charge in [0.15, 0.2) is 0 Å². The number of benzene rings is 1. The van der Waals surface area contributed by atoms with E-state index in [0.717, 1.165) is 5.56 Å². The Morgan fingerprint density at radius 3 is 2.55 bits per heavy atom. The van der Waals surface area contributed by atoms with Crippen LogP contribution in [0.25, 0.3) is 0 Å². The molecule has 6 nitrogen and oxygen atoms in total. The van der Waals surface area contributed by atoms with Gasteiger partial charge in [-0.3, -0.25) is 5.32 Å². The van der Waals surface area contributed by atoms with Crippen LogP contribution in [0.5, 0.6) is 0 Å². The number of nitrogens with two attached hydrogens (primary N) is 1. The predicted molar refractivity (Wildman–Crippen MR) is 79.1 cm³/mol. The molecule has 2 aromatic rings. The standard InChI is InChI=1S/C13H13ClN4O2/c14-9-3-1-8(2-4-9)7-16-11-6-5-10(12(15)18-11)17-13(19)20/h1-6,17H,7H2,(H,19,20)(H3,15,16,18). The fourth-order valence-corrected chi connectivity index (χ4v) is 1.72. The SMILES string of the molecule is Nc1nc(NCc2ccc(Cl)cc2)ccc1NC(=O)O. The van der Waals surface area contributed by atoms with E-state index in [4.69, 9.17) is 22.4 Å². The van der Waals surface area contributed by atoms with E-state index in [9.17, 15) is 4.79 Å². The van der Waals surface area contributed by atoms with Crippen molar-refractivity contribution in [3.63, 3.8) is 0 Å². The number of amides is 1. The van der Waals surface area contributed by atoms with Gasteiger partial charge in [0.25, 0.3) is 0 Å². The largest absolute Gasteiger partial charge is 0.465 e. The number of hydrogen-bond donors (Lipinski definition) is 4. The van der Waals surface area contributed by atoms with Crippen LogP contribution in [0.2, 0.25) is 5.02 Å². The van der Waals surface area contributed by atoms with Crippen LogP contribution in [0.4, 0.5) is 22.1 Å². The molecule has 0 spiro atoms. The van der Waals surface area contributed by atoms with Crippen LogP contribution in [0.15, 0.2) is 36.4 Å². The number of aromatic nitrogens is 1. The summed E-state index contributed by atoms with van der Waals surface area (Å²) in [4.78, 5) is 14.6. The maximum absolute atomic E-state index is 10.5.